The van der Waals surface area contributed by atoms with Crippen molar-refractivity contribution in [3.63, 3.8) is 0 Å². The summed E-state index contributed by atoms with van der Waals surface area (Å²) in [6.45, 7) is 1.44. The number of hydroxylamine groups is 1. The minimum atomic E-state index is -0.888. The van der Waals surface area contributed by atoms with Crippen LogP contribution in [-0.4, -0.2) is 40.3 Å². The monoisotopic (exact) mass is 440 g/mol. The second kappa shape index (κ2) is 8.67. The van der Waals surface area contributed by atoms with Crippen molar-refractivity contribution < 1.29 is 28.0 Å². The van der Waals surface area contributed by atoms with Gasteiger partial charge in [-0.3, -0.25) is 19.2 Å². The molecule has 0 radical (unpaired) electrons. The van der Waals surface area contributed by atoms with Crippen LogP contribution in [-0.2, 0) is 14.4 Å². The summed E-state index contributed by atoms with van der Waals surface area (Å²) in [5, 5.41) is 3.37. The first-order valence-corrected chi connectivity index (χ1v) is 9.69. The van der Waals surface area contributed by atoms with Gasteiger partial charge in [-0.1, -0.05) is 0 Å². The SMILES string of the molecule is CC(=O)NC[C@@H]1CC(=O)N(c2cc(F)c(-c3ccc(-n4ccc(C=O)c4)nc3)c(F)c2)O1. The van der Waals surface area contributed by atoms with Crippen LogP contribution in [0, 0.1) is 11.6 Å². The minimum Gasteiger partial charge on any atom is -0.354 e. The quantitative estimate of drug-likeness (QED) is 0.595. The molecule has 1 fully saturated rings. The largest absolute Gasteiger partial charge is 0.354 e. The smallest absolute Gasteiger partial charge is 0.253 e. The van der Waals surface area contributed by atoms with Gasteiger partial charge in [0.15, 0.2) is 6.29 Å². The van der Waals surface area contributed by atoms with Crippen molar-refractivity contribution in [3.05, 3.63) is 66.1 Å². The van der Waals surface area contributed by atoms with E-state index in [4.69, 9.17) is 4.84 Å². The van der Waals surface area contributed by atoms with Crippen molar-refractivity contribution in [1.82, 2.24) is 14.9 Å². The highest BCUT2D eigenvalue weighted by Crippen LogP contribution is 2.32. The first kappa shape index (κ1) is 21.3. The fourth-order valence-electron chi connectivity index (χ4n) is 3.36. The van der Waals surface area contributed by atoms with E-state index in [9.17, 15) is 23.2 Å². The fraction of sp³-hybridized carbons (Fsp3) is 0.182. The molecule has 0 aliphatic carbocycles. The van der Waals surface area contributed by atoms with Crippen LogP contribution in [0.4, 0.5) is 14.5 Å². The number of hydrogen-bond acceptors (Lipinski definition) is 5. The molecule has 32 heavy (non-hydrogen) atoms. The van der Waals surface area contributed by atoms with Crippen molar-refractivity contribution in [2.45, 2.75) is 19.4 Å². The van der Waals surface area contributed by atoms with Crippen LogP contribution in [0.25, 0.3) is 16.9 Å². The van der Waals surface area contributed by atoms with Gasteiger partial charge in [-0.05, 0) is 18.2 Å². The topological polar surface area (TPSA) is 93.5 Å². The Morgan fingerprint density at radius 3 is 2.62 bits per heavy atom. The molecule has 1 aliphatic rings. The van der Waals surface area contributed by atoms with E-state index in [2.05, 4.69) is 10.3 Å². The number of hydrogen-bond donors (Lipinski definition) is 1. The third-order valence-corrected chi connectivity index (χ3v) is 4.88. The third-order valence-electron chi connectivity index (χ3n) is 4.88. The highest BCUT2D eigenvalue weighted by molar-refractivity contribution is 5.93. The van der Waals surface area contributed by atoms with E-state index >= 15 is 0 Å². The molecule has 0 bridgehead atoms. The average molecular weight is 440 g/mol. The number of aromatic nitrogens is 2. The Morgan fingerprint density at radius 2 is 2.03 bits per heavy atom. The summed E-state index contributed by atoms with van der Waals surface area (Å²) in [5.41, 5.74) is 0.296. The molecule has 3 aromatic rings. The lowest BCUT2D eigenvalue weighted by molar-refractivity contribution is -0.119. The van der Waals surface area contributed by atoms with Crippen molar-refractivity contribution in [2.75, 3.05) is 11.6 Å². The summed E-state index contributed by atoms with van der Waals surface area (Å²) in [5.74, 6) is -2.05. The number of nitrogens with one attached hydrogen (secondary N) is 1. The van der Waals surface area contributed by atoms with Crippen LogP contribution in [0.3, 0.4) is 0 Å². The molecule has 0 spiro atoms. The number of carbonyl (C=O) groups excluding carboxylic acids is 3. The average Bonchev–Trinajstić information content (AvgIpc) is 3.39. The third kappa shape index (κ3) is 4.26. The number of rotatable bonds is 6. The van der Waals surface area contributed by atoms with E-state index in [0.29, 0.717) is 17.7 Å². The number of amides is 2. The van der Waals surface area contributed by atoms with E-state index in [1.807, 2.05) is 0 Å². The Morgan fingerprint density at radius 1 is 1.28 bits per heavy atom. The van der Waals surface area contributed by atoms with Gasteiger partial charge >= 0.3 is 0 Å². The van der Waals surface area contributed by atoms with Crippen LogP contribution < -0.4 is 10.4 Å². The summed E-state index contributed by atoms with van der Waals surface area (Å²) in [7, 11) is 0. The van der Waals surface area contributed by atoms with Gasteiger partial charge in [-0.25, -0.2) is 13.8 Å². The first-order valence-electron chi connectivity index (χ1n) is 9.69. The molecule has 4 rings (SSSR count). The number of halogens is 2. The normalized spacial score (nSPS) is 15.8. The number of benzene rings is 1. The molecule has 3 heterocycles. The summed E-state index contributed by atoms with van der Waals surface area (Å²) in [6.07, 6.45) is 4.60. The van der Waals surface area contributed by atoms with Crippen LogP contribution in [0.15, 0.2) is 48.9 Å². The molecule has 164 valence electrons. The lowest BCUT2D eigenvalue weighted by atomic mass is 10.1. The second-order valence-corrected chi connectivity index (χ2v) is 7.22. The lowest BCUT2D eigenvalue weighted by Crippen LogP contribution is -2.31. The molecule has 0 unspecified atom stereocenters. The van der Waals surface area contributed by atoms with Gasteiger partial charge in [0.25, 0.3) is 5.91 Å². The van der Waals surface area contributed by atoms with Crippen molar-refractivity contribution >= 4 is 23.8 Å². The molecule has 1 aromatic carbocycles. The van der Waals surface area contributed by atoms with E-state index in [1.54, 1.807) is 29.1 Å². The van der Waals surface area contributed by atoms with Crippen molar-refractivity contribution in [1.29, 1.82) is 0 Å². The van der Waals surface area contributed by atoms with Crippen LogP contribution >= 0.6 is 0 Å². The van der Waals surface area contributed by atoms with Crippen molar-refractivity contribution in [2.24, 2.45) is 0 Å². The maximum atomic E-state index is 14.8. The van der Waals surface area contributed by atoms with Crippen LogP contribution in [0.1, 0.15) is 23.7 Å². The van der Waals surface area contributed by atoms with E-state index in [0.717, 1.165) is 17.2 Å². The number of aldehydes is 1. The molecular formula is C22H18F2N4O4. The molecule has 2 amide bonds. The maximum Gasteiger partial charge on any atom is 0.253 e. The fourth-order valence-corrected chi connectivity index (χ4v) is 3.36. The predicted molar refractivity (Wildman–Crippen MR) is 110 cm³/mol. The molecule has 0 saturated carbocycles. The van der Waals surface area contributed by atoms with E-state index in [-0.39, 0.29) is 35.7 Å². The number of nitrogens with zero attached hydrogens (tertiary/aromatic N) is 3. The Kier molecular flexibility index (Phi) is 5.78. The predicted octanol–water partition coefficient (Wildman–Crippen LogP) is 2.80. The second-order valence-electron chi connectivity index (χ2n) is 7.22. The Bertz CT molecular complexity index is 1170. The molecule has 10 heteroatoms. The highest BCUT2D eigenvalue weighted by Gasteiger charge is 2.33. The van der Waals surface area contributed by atoms with Gasteiger partial charge < -0.3 is 9.88 Å². The zero-order valence-corrected chi connectivity index (χ0v) is 16.9. The van der Waals surface area contributed by atoms with Gasteiger partial charge in [0.05, 0.1) is 17.7 Å². The standard InChI is InChI=1S/C22H18F2N4O4/c1-13(30)25-10-17-8-21(31)28(32-17)16-6-18(23)22(19(24)7-16)15-2-3-20(26-9-15)27-5-4-14(11-27)12-29/h2-7,9,11-12,17H,8,10H2,1H3,(H,25,30)/t17-/m0/s1. The minimum absolute atomic E-state index is 0.0259. The van der Waals surface area contributed by atoms with Gasteiger partial charge in [-0.2, -0.15) is 5.06 Å². The summed E-state index contributed by atoms with van der Waals surface area (Å²) in [4.78, 5) is 43.7. The highest BCUT2D eigenvalue weighted by atomic mass is 19.1. The summed E-state index contributed by atoms with van der Waals surface area (Å²) >= 11 is 0. The Balaban J connectivity index is 1.56. The number of carbonyl (C=O) groups is 3. The number of anilines is 1. The molecule has 1 N–H and O–H groups in total. The van der Waals surface area contributed by atoms with Crippen molar-refractivity contribution in [3.8, 4) is 16.9 Å². The van der Waals surface area contributed by atoms with Gasteiger partial charge in [-0.15, -0.1) is 0 Å². The molecule has 8 nitrogen and oxygen atoms in total. The summed E-state index contributed by atoms with van der Waals surface area (Å²) in [6, 6.07) is 6.70. The molecule has 1 atom stereocenters. The van der Waals surface area contributed by atoms with E-state index < -0.39 is 23.6 Å². The van der Waals surface area contributed by atoms with Crippen LogP contribution in [0.5, 0.6) is 0 Å². The zero-order chi connectivity index (χ0) is 22.8. The Labute approximate surface area is 181 Å². The van der Waals surface area contributed by atoms with E-state index in [1.165, 1.54) is 19.2 Å². The first-order chi connectivity index (χ1) is 15.4. The van der Waals surface area contributed by atoms with Crippen LogP contribution in [0.2, 0.25) is 0 Å². The molecule has 2 aromatic heterocycles. The summed E-state index contributed by atoms with van der Waals surface area (Å²) < 4.78 is 31.3. The number of pyridine rings is 1. The maximum absolute atomic E-state index is 14.8. The zero-order valence-electron chi connectivity index (χ0n) is 16.9. The van der Waals surface area contributed by atoms with Gasteiger partial charge in [0.2, 0.25) is 5.91 Å². The Hall–Kier alpha value is -3.92. The van der Waals surface area contributed by atoms with Gasteiger partial charge in [0, 0.05) is 55.3 Å². The van der Waals surface area contributed by atoms with Gasteiger partial charge in [0.1, 0.15) is 23.6 Å². The lowest BCUT2D eigenvalue weighted by Gasteiger charge is -2.18. The molecular weight excluding hydrogens is 422 g/mol. The molecule has 1 saturated heterocycles. The molecule has 1 aliphatic heterocycles.